The molecule has 0 aliphatic rings. The molecule has 5 N–H and O–H groups in total. The largest absolute Gasteiger partial charge is 0.385 e. The van der Waals surface area contributed by atoms with E-state index in [2.05, 4.69) is 5.32 Å². The maximum atomic E-state index is 10.9. The number of benzene rings is 1. The Kier molecular flexibility index (Phi) is 4.07. The van der Waals surface area contributed by atoms with Crippen LogP contribution in [0.15, 0.2) is 29.2 Å². The molecule has 84 valence electrons. The van der Waals surface area contributed by atoms with Gasteiger partial charge in [-0.2, -0.15) is 0 Å². The highest BCUT2D eigenvalue weighted by Gasteiger charge is 2.05. The molecule has 0 bridgehead atoms. The fourth-order valence-electron chi connectivity index (χ4n) is 1.10. The van der Waals surface area contributed by atoms with Crippen LogP contribution in [0.4, 0.5) is 5.69 Å². The molecule has 0 aliphatic heterocycles. The average molecular weight is 229 g/mol. The number of nitrogens with one attached hydrogen (secondary N) is 1. The van der Waals surface area contributed by atoms with E-state index >= 15 is 0 Å². The summed E-state index contributed by atoms with van der Waals surface area (Å²) in [4.78, 5) is 0.117. The van der Waals surface area contributed by atoms with E-state index in [1.54, 1.807) is 12.1 Å². The summed E-state index contributed by atoms with van der Waals surface area (Å²) in [5, 5.41) is 8.07. The van der Waals surface area contributed by atoms with Gasteiger partial charge in [0.15, 0.2) is 0 Å². The predicted molar refractivity (Wildman–Crippen MR) is 60.0 cm³/mol. The third kappa shape index (κ3) is 3.86. The highest BCUT2D eigenvalue weighted by Crippen LogP contribution is 2.12. The lowest BCUT2D eigenvalue weighted by Gasteiger charge is -2.05. The van der Waals surface area contributed by atoms with E-state index in [0.29, 0.717) is 6.54 Å². The van der Waals surface area contributed by atoms with E-state index in [0.717, 1.165) is 18.7 Å². The Bertz CT molecular complexity index is 400. The Morgan fingerprint density at radius 2 is 1.80 bits per heavy atom. The molecule has 5 nitrogen and oxygen atoms in total. The maximum absolute atomic E-state index is 10.9. The lowest BCUT2D eigenvalue weighted by Crippen LogP contribution is -2.12. The number of hydrogen-bond donors (Lipinski definition) is 3. The molecule has 0 radical (unpaired) electrons. The normalized spacial score (nSPS) is 11.3. The van der Waals surface area contributed by atoms with Gasteiger partial charge >= 0.3 is 0 Å². The van der Waals surface area contributed by atoms with E-state index in [-0.39, 0.29) is 4.90 Å². The van der Waals surface area contributed by atoms with Crippen molar-refractivity contribution in [1.82, 2.24) is 0 Å². The van der Waals surface area contributed by atoms with Crippen LogP contribution in [0.2, 0.25) is 0 Å². The Hall–Kier alpha value is -1.11. The predicted octanol–water partition coefficient (Wildman–Crippen LogP) is 0.0947. The zero-order valence-electron chi connectivity index (χ0n) is 8.31. The molecule has 0 unspecified atom stereocenters. The van der Waals surface area contributed by atoms with Gasteiger partial charge in [-0.15, -0.1) is 0 Å². The van der Waals surface area contributed by atoms with Gasteiger partial charge in [-0.25, -0.2) is 13.6 Å². The van der Waals surface area contributed by atoms with Crippen molar-refractivity contribution in [2.75, 3.05) is 18.4 Å². The first-order valence-electron chi connectivity index (χ1n) is 4.61. The maximum Gasteiger partial charge on any atom is 0.238 e. The summed E-state index contributed by atoms with van der Waals surface area (Å²) >= 11 is 0. The van der Waals surface area contributed by atoms with Crippen LogP contribution in [0.25, 0.3) is 0 Å². The molecular formula is C9H15N3O2S. The lowest BCUT2D eigenvalue weighted by atomic mass is 10.3. The van der Waals surface area contributed by atoms with Crippen LogP contribution in [0.1, 0.15) is 6.42 Å². The summed E-state index contributed by atoms with van der Waals surface area (Å²) < 4.78 is 21.9. The molecule has 0 saturated heterocycles. The summed E-state index contributed by atoms with van der Waals surface area (Å²) in [6.07, 6.45) is 0.872. The molecule has 1 aromatic rings. The third-order valence-corrected chi connectivity index (χ3v) is 2.82. The van der Waals surface area contributed by atoms with Crippen LogP contribution in [0.3, 0.4) is 0 Å². The van der Waals surface area contributed by atoms with Crippen molar-refractivity contribution >= 4 is 15.7 Å². The fraction of sp³-hybridized carbons (Fsp3) is 0.333. The van der Waals surface area contributed by atoms with Crippen LogP contribution in [0, 0.1) is 0 Å². The van der Waals surface area contributed by atoms with Gasteiger partial charge in [0.25, 0.3) is 0 Å². The molecule has 0 saturated carbocycles. The molecule has 0 atom stereocenters. The SMILES string of the molecule is NCCCNc1ccc(S(N)(=O)=O)cc1. The highest BCUT2D eigenvalue weighted by molar-refractivity contribution is 7.89. The van der Waals surface area contributed by atoms with Gasteiger partial charge in [-0.1, -0.05) is 0 Å². The van der Waals surface area contributed by atoms with Gasteiger partial charge < -0.3 is 11.1 Å². The quantitative estimate of drug-likeness (QED) is 0.623. The summed E-state index contributed by atoms with van der Waals surface area (Å²) in [5.74, 6) is 0. The van der Waals surface area contributed by atoms with Crippen LogP contribution in [0.5, 0.6) is 0 Å². The lowest BCUT2D eigenvalue weighted by molar-refractivity contribution is 0.598. The second-order valence-electron chi connectivity index (χ2n) is 3.14. The third-order valence-electron chi connectivity index (χ3n) is 1.89. The molecular weight excluding hydrogens is 214 g/mol. The molecule has 0 heterocycles. The molecule has 0 fully saturated rings. The molecule has 0 amide bonds. The van der Waals surface area contributed by atoms with Crippen molar-refractivity contribution in [3.05, 3.63) is 24.3 Å². The second kappa shape index (κ2) is 5.11. The molecule has 1 aromatic carbocycles. The topological polar surface area (TPSA) is 98.2 Å². The van der Waals surface area contributed by atoms with Crippen molar-refractivity contribution < 1.29 is 8.42 Å². The number of anilines is 1. The van der Waals surface area contributed by atoms with Crippen molar-refractivity contribution in [1.29, 1.82) is 0 Å². The van der Waals surface area contributed by atoms with Gasteiger partial charge in [-0.05, 0) is 37.2 Å². The zero-order chi connectivity index (χ0) is 11.3. The number of hydrogen-bond acceptors (Lipinski definition) is 4. The van der Waals surface area contributed by atoms with E-state index in [1.165, 1.54) is 12.1 Å². The first-order valence-corrected chi connectivity index (χ1v) is 6.15. The van der Waals surface area contributed by atoms with E-state index in [4.69, 9.17) is 10.9 Å². The Morgan fingerprint density at radius 3 is 2.27 bits per heavy atom. The Morgan fingerprint density at radius 1 is 1.20 bits per heavy atom. The van der Waals surface area contributed by atoms with Gasteiger partial charge in [0, 0.05) is 12.2 Å². The van der Waals surface area contributed by atoms with Crippen LogP contribution >= 0.6 is 0 Å². The van der Waals surface area contributed by atoms with Gasteiger partial charge in [0.2, 0.25) is 10.0 Å². The minimum Gasteiger partial charge on any atom is -0.385 e. The van der Waals surface area contributed by atoms with E-state index in [9.17, 15) is 8.42 Å². The van der Waals surface area contributed by atoms with Crippen molar-refractivity contribution in [2.24, 2.45) is 10.9 Å². The van der Waals surface area contributed by atoms with E-state index < -0.39 is 10.0 Å². The summed E-state index contributed by atoms with van der Waals surface area (Å²) in [6.45, 7) is 1.40. The Balaban J connectivity index is 2.65. The van der Waals surface area contributed by atoms with Gasteiger partial charge in [0.1, 0.15) is 0 Å². The standard InChI is InChI=1S/C9H15N3O2S/c10-6-1-7-12-8-2-4-9(5-3-8)15(11,13)14/h2-5,12H,1,6-7,10H2,(H2,11,13,14). The minimum absolute atomic E-state index is 0.117. The fourth-order valence-corrected chi connectivity index (χ4v) is 1.61. The van der Waals surface area contributed by atoms with Crippen molar-refractivity contribution in [3.8, 4) is 0 Å². The molecule has 6 heteroatoms. The Labute approximate surface area is 89.5 Å². The number of nitrogens with two attached hydrogens (primary N) is 2. The van der Waals surface area contributed by atoms with Gasteiger partial charge in [-0.3, -0.25) is 0 Å². The summed E-state index contributed by atoms with van der Waals surface area (Å²) in [6, 6.07) is 6.30. The average Bonchev–Trinajstić information content (AvgIpc) is 2.18. The summed E-state index contributed by atoms with van der Waals surface area (Å²) in [5.41, 5.74) is 6.20. The van der Waals surface area contributed by atoms with Crippen LogP contribution < -0.4 is 16.2 Å². The van der Waals surface area contributed by atoms with Crippen molar-refractivity contribution in [3.63, 3.8) is 0 Å². The first kappa shape index (κ1) is 12.0. The molecule has 1 rings (SSSR count). The van der Waals surface area contributed by atoms with Crippen LogP contribution in [-0.2, 0) is 10.0 Å². The minimum atomic E-state index is -3.59. The van der Waals surface area contributed by atoms with Crippen LogP contribution in [-0.4, -0.2) is 21.5 Å². The molecule has 0 aromatic heterocycles. The smallest absolute Gasteiger partial charge is 0.238 e. The van der Waals surface area contributed by atoms with E-state index in [1.807, 2.05) is 0 Å². The number of rotatable bonds is 5. The highest BCUT2D eigenvalue weighted by atomic mass is 32.2. The van der Waals surface area contributed by atoms with Gasteiger partial charge in [0.05, 0.1) is 4.90 Å². The zero-order valence-corrected chi connectivity index (χ0v) is 9.13. The number of sulfonamides is 1. The number of primary sulfonamides is 1. The molecule has 0 aliphatic carbocycles. The first-order chi connectivity index (χ1) is 7.04. The monoisotopic (exact) mass is 229 g/mol. The second-order valence-corrected chi connectivity index (χ2v) is 4.70. The molecule has 0 spiro atoms. The molecule has 15 heavy (non-hydrogen) atoms. The van der Waals surface area contributed by atoms with Crippen molar-refractivity contribution in [2.45, 2.75) is 11.3 Å². The summed E-state index contributed by atoms with van der Waals surface area (Å²) in [7, 11) is -3.59.